The maximum absolute atomic E-state index is 13.5. The molecule has 3 rings (SSSR count). The number of aliphatic carboxylic acids is 1. The lowest BCUT2D eigenvalue weighted by molar-refractivity contribution is -0.140. The van der Waals surface area contributed by atoms with Gasteiger partial charge in [0.1, 0.15) is 11.7 Å². The van der Waals surface area contributed by atoms with E-state index in [2.05, 4.69) is 15.9 Å². The van der Waals surface area contributed by atoms with Crippen LogP contribution in [0, 0.1) is 5.82 Å². The molecule has 0 aliphatic carbocycles. The van der Waals surface area contributed by atoms with Crippen molar-refractivity contribution in [2.45, 2.75) is 18.4 Å². The highest BCUT2D eigenvalue weighted by molar-refractivity contribution is 9.09. The van der Waals surface area contributed by atoms with Gasteiger partial charge in [-0.15, -0.1) is 0 Å². The van der Waals surface area contributed by atoms with E-state index in [0.717, 1.165) is 0 Å². The minimum atomic E-state index is -1.08. The van der Waals surface area contributed by atoms with Gasteiger partial charge in [0.15, 0.2) is 11.5 Å². The van der Waals surface area contributed by atoms with Gasteiger partial charge in [-0.05, 0) is 41.8 Å². The Labute approximate surface area is 176 Å². The van der Waals surface area contributed by atoms with Crippen LogP contribution in [-0.4, -0.2) is 48.0 Å². The van der Waals surface area contributed by atoms with E-state index in [1.165, 1.54) is 44.6 Å². The number of hydrogen-bond donors (Lipinski definition) is 1. The predicted molar refractivity (Wildman–Crippen MR) is 109 cm³/mol. The third-order valence-corrected chi connectivity index (χ3v) is 5.60. The van der Waals surface area contributed by atoms with Crippen molar-refractivity contribution in [3.8, 4) is 11.5 Å². The van der Waals surface area contributed by atoms with Gasteiger partial charge < -0.3 is 19.5 Å². The molecule has 0 bridgehead atoms. The van der Waals surface area contributed by atoms with Crippen LogP contribution >= 0.6 is 15.9 Å². The number of nitrogens with zero attached hydrogens (tertiary/aromatic N) is 1. The number of benzene rings is 2. The summed E-state index contributed by atoms with van der Waals surface area (Å²) in [4.78, 5) is 27.3. The van der Waals surface area contributed by atoms with Crippen LogP contribution in [0.3, 0.4) is 0 Å². The van der Waals surface area contributed by atoms with Crippen molar-refractivity contribution >= 4 is 27.8 Å². The molecular formula is C21H21BrFNO5. The number of halogens is 2. The van der Waals surface area contributed by atoms with Crippen LogP contribution in [0.15, 0.2) is 36.4 Å². The quantitative estimate of drug-likeness (QED) is 0.625. The van der Waals surface area contributed by atoms with E-state index in [0.29, 0.717) is 40.9 Å². The molecule has 1 aliphatic rings. The zero-order chi connectivity index (χ0) is 21.1. The maximum atomic E-state index is 13.5. The van der Waals surface area contributed by atoms with Crippen molar-refractivity contribution in [2.75, 3.05) is 26.1 Å². The molecule has 1 aliphatic heterocycles. The number of rotatable bonds is 7. The highest BCUT2D eigenvalue weighted by Gasteiger charge is 2.44. The number of hydrogen-bond acceptors (Lipinski definition) is 4. The molecule has 2 aromatic rings. The third-order valence-electron chi connectivity index (χ3n) is 5.04. The summed E-state index contributed by atoms with van der Waals surface area (Å²) < 4.78 is 24.1. The van der Waals surface area contributed by atoms with Gasteiger partial charge in [-0.3, -0.25) is 9.59 Å². The molecule has 1 amide bonds. The van der Waals surface area contributed by atoms with Gasteiger partial charge in [-0.1, -0.05) is 28.1 Å². The van der Waals surface area contributed by atoms with Crippen LogP contribution in [-0.2, 0) is 4.79 Å². The first-order chi connectivity index (χ1) is 13.9. The van der Waals surface area contributed by atoms with E-state index in [4.69, 9.17) is 9.47 Å². The van der Waals surface area contributed by atoms with Crippen LogP contribution < -0.4 is 9.47 Å². The monoisotopic (exact) mass is 465 g/mol. The summed E-state index contributed by atoms with van der Waals surface area (Å²) in [7, 11) is 2.90. The maximum Gasteiger partial charge on any atom is 0.313 e. The van der Waals surface area contributed by atoms with Crippen LogP contribution in [0.25, 0.3) is 0 Å². The number of carboxylic acids is 1. The first-order valence-corrected chi connectivity index (χ1v) is 10.2. The number of methoxy groups -OCH3 is 2. The second-order valence-corrected chi connectivity index (χ2v) is 7.44. The van der Waals surface area contributed by atoms with E-state index in [-0.39, 0.29) is 11.5 Å². The molecule has 0 unspecified atom stereocenters. The number of carboxylic acid groups (broad SMARTS) is 1. The third kappa shape index (κ3) is 3.94. The lowest BCUT2D eigenvalue weighted by Crippen LogP contribution is -2.45. The molecule has 2 atom stereocenters. The van der Waals surface area contributed by atoms with E-state index >= 15 is 0 Å². The molecule has 0 aromatic heterocycles. The first kappa shape index (κ1) is 21.1. The van der Waals surface area contributed by atoms with Crippen molar-refractivity contribution in [3.63, 3.8) is 0 Å². The molecule has 1 N–H and O–H groups in total. The van der Waals surface area contributed by atoms with Crippen molar-refractivity contribution < 1.29 is 28.6 Å². The zero-order valence-electron chi connectivity index (χ0n) is 16.0. The Hall–Kier alpha value is -2.61. The molecule has 154 valence electrons. The predicted octanol–water partition coefficient (Wildman–Crippen LogP) is 3.99. The molecular weight excluding hydrogens is 445 g/mol. The number of alkyl halides is 1. The van der Waals surface area contributed by atoms with Crippen LogP contribution in [0.5, 0.6) is 11.5 Å². The second kappa shape index (κ2) is 8.82. The fraction of sp³-hybridized carbons (Fsp3) is 0.333. The molecule has 8 heteroatoms. The van der Waals surface area contributed by atoms with Gasteiger partial charge in [0.2, 0.25) is 0 Å². The SMILES string of the molecule is COc1cc2c(cc1OC)[C@@H](C(=O)O)[C@@H](c1ccc(F)cc1)N(CCCBr)C2=O. The summed E-state index contributed by atoms with van der Waals surface area (Å²) in [5, 5.41) is 10.8. The van der Waals surface area contributed by atoms with Gasteiger partial charge in [0.25, 0.3) is 5.91 Å². The van der Waals surface area contributed by atoms with Crippen LogP contribution in [0.1, 0.15) is 39.9 Å². The average Bonchev–Trinajstić information content (AvgIpc) is 2.72. The first-order valence-electron chi connectivity index (χ1n) is 9.04. The number of carbonyl (C=O) groups excluding carboxylic acids is 1. The Morgan fingerprint density at radius 2 is 1.79 bits per heavy atom. The molecule has 0 saturated carbocycles. The van der Waals surface area contributed by atoms with Crippen molar-refractivity contribution in [3.05, 3.63) is 58.9 Å². The average molecular weight is 466 g/mol. The second-order valence-electron chi connectivity index (χ2n) is 6.65. The minimum Gasteiger partial charge on any atom is -0.493 e. The molecule has 0 saturated heterocycles. The fourth-order valence-electron chi connectivity index (χ4n) is 3.74. The lowest BCUT2D eigenvalue weighted by Gasteiger charge is -2.41. The molecule has 1 heterocycles. The Bertz CT molecular complexity index is 918. The largest absolute Gasteiger partial charge is 0.493 e. The summed E-state index contributed by atoms with van der Waals surface area (Å²) in [5.41, 5.74) is 1.18. The van der Waals surface area contributed by atoms with Crippen molar-refractivity contribution in [2.24, 2.45) is 0 Å². The minimum absolute atomic E-state index is 0.267. The number of ether oxygens (including phenoxy) is 2. The standard InChI is InChI=1S/C21H21BrFNO5/c1-28-16-10-14-15(11-17(16)29-2)20(25)24(9-3-8-22)19(18(14)21(26)27)12-4-6-13(23)7-5-12/h4-7,10-11,18-19H,3,8-9H2,1-2H3,(H,26,27)/t18-,19-/m1/s1. The van der Waals surface area contributed by atoms with E-state index in [9.17, 15) is 19.1 Å². The lowest BCUT2D eigenvalue weighted by atomic mass is 9.79. The van der Waals surface area contributed by atoms with Gasteiger partial charge in [0, 0.05) is 17.4 Å². The molecule has 0 radical (unpaired) electrons. The topological polar surface area (TPSA) is 76.1 Å². The van der Waals surface area contributed by atoms with Crippen molar-refractivity contribution in [1.29, 1.82) is 0 Å². The molecule has 2 aromatic carbocycles. The summed E-state index contributed by atoms with van der Waals surface area (Å²) in [6.07, 6.45) is 0.637. The number of amides is 1. The number of carbonyl (C=O) groups is 2. The van der Waals surface area contributed by atoms with Crippen LogP contribution in [0.2, 0.25) is 0 Å². The molecule has 6 nitrogen and oxygen atoms in total. The van der Waals surface area contributed by atoms with Crippen LogP contribution in [0.4, 0.5) is 4.39 Å². The molecule has 29 heavy (non-hydrogen) atoms. The summed E-state index contributed by atoms with van der Waals surface area (Å²) >= 11 is 3.36. The summed E-state index contributed by atoms with van der Waals surface area (Å²) in [5.74, 6) is -2.15. The normalized spacial score (nSPS) is 18.3. The molecule has 0 spiro atoms. The van der Waals surface area contributed by atoms with Gasteiger partial charge in [0.05, 0.1) is 20.3 Å². The summed E-state index contributed by atoms with van der Waals surface area (Å²) in [6.45, 7) is 0.351. The zero-order valence-corrected chi connectivity index (χ0v) is 17.6. The van der Waals surface area contributed by atoms with E-state index < -0.39 is 23.7 Å². The Morgan fingerprint density at radius 1 is 1.17 bits per heavy atom. The summed E-state index contributed by atoms with van der Waals surface area (Å²) in [6, 6.07) is 7.88. The highest BCUT2D eigenvalue weighted by Crippen LogP contribution is 2.46. The number of fused-ring (bicyclic) bond motifs is 1. The smallest absolute Gasteiger partial charge is 0.313 e. The van der Waals surface area contributed by atoms with Gasteiger partial charge >= 0.3 is 5.97 Å². The fourth-order valence-corrected chi connectivity index (χ4v) is 3.99. The Morgan fingerprint density at radius 3 is 2.34 bits per heavy atom. The van der Waals surface area contributed by atoms with Gasteiger partial charge in [-0.25, -0.2) is 4.39 Å². The van der Waals surface area contributed by atoms with E-state index in [1.807, 2.05) is 0 Å². The van der Waals surface area contributed by atoms with Gasteiger partial charge in [-0.2, -0.15) is 0 Å². The van der Waals surface area contributed by atoms with E-state index in [1.54, 1.807) is 11.0 Å². The van der Waals surface area contributed by atoms with Crippen molar-refractivity contribution in [1.82, 2.24) is 4.90 Å². The highest BCUT2D eigenvalue weighted by atomic mass is 79.9. The Balaban J connectivity index is 2.23. The Kier molecular flexibility index (Phi) is 6.42. The molecule has 0 fully saturated rings.